The Morgan fingerprint density at radius 3 is 0.745 bits per heavy atom. The van der Waals surface area contributed by atoms with Crippen LogP contribution in [0.4, 0.5) is 0 Å². The molecule has 0 aliphatic rings. The van der Waals surface area contributed by atoms with Crippen molar-refractivity contribution in [3.63, 3.8) is 0 Å². The largest absolute Gasteiger partial charge is 0.379 e. The predicted octanol–water partition coefficient (Wildman–Crippen LogP) is -0.542. The molecule has 0 heterocycles. The Morgan fingerprint density at radius 1 is 0.345 bits per heavy atom. The zero-order valence-electron chi connectivity index (χ0n) is 31.7. The van der Waals surface area contributed by atoms with Crippen molar-refractivity contribution >= 4 is 11.8 Å². The van der Waals surface area contributed by atoms with Crippen molar-refractivity contribution in [1.29, 1.82) is 0 Å². The van der Waals surface area contributed by atoms with Gasteiger partial charge in [0, 0.05) is 12.8 Å². The molecule has 0 aromatic carbocycles. The first-order valence-corrected chi connectivity index (χ1v) is 17.4. The van der Waals surface area contributed by atoms with Crippen molar-refractivity contribution in [1.82, 2.24) is 10.6 Å². The molecule has 0 saturated heterocycles. The van der Waals surface area contributed by atoms with Crippen LogP contribution in [0, 0.1) is 74.1 Å². The molecule has 0 aromatic rings. The maximum atomic E-state index is 12.7. The van der Waals surface area contributed by atoms with E-state index >= 15 is 0 Å². The zero-order valence-corrected chi connectivity index (χ0v) is 31.7. The molecule has 15 nitrogen and oxygen atoms in total. The van der Waals surface area contributed by atoms with Crippen LogP contribution < -0.4 is 10.6 Å². The summed E-state index contributed by atoms with van der Waals surface area (Å²) in [4.78, 5) is 25.4. The van der Waals surface area contributed by atoms with Crippen LogP contribution in [0.3, 0.4) is 0 Å². The van der Waals surface area contributed by atoms with Gasteiger partial charge < -0.3 is 62.7 Å². The average molecular weight is 773 g/mol. The van der Waals surface area contributed by atoms with E-state index in [2.05, 4.69) is 46.2 Å². The molecule has 0 unspecified atom stereocenters. The van der Waals surface area contributed by atoms with Crippen LogP contribution >= 0.6 is 0 Å². The van der Waals surface area contributed by atoms with Gasteiger partial charge >= 0.3 is 0 Å². The third kappa shape index (κ3) is 29.8. The van der Waals surface area contributed by atoms with Gasteiger partial charge in [-0.05, 0) is 0 Å². The number of carbonyl (C=O) groups is 2. The Labute approximate surface area is 327 Å². The molecule has 0 saturated carbocycles. The fourth-order valence-electron chi connectivity index (χ4n) is 4.33. The van der Waals surface area contributed by atoms with Crippen LogP contribution in [0.25, 0.3) is 0 Å². The monoisotopic (exact) mass is 772 g/mol. The van der Waals surface area contributed by atoms with E-state index in [1.807, 2.05) is 0 Å². The Morgan fingerprint density at radius 2 is 0.545 bits per heavy atom. The molecule has 0 fully saturated rings. The SMILES string of the molecule is C#CCOCC(COCC#C)(COCC#C)NC(=O)CCOCCOCCOCCOCCOCCC(=O)NC(COCC#C)(COCC#C)COCC#C. The van der Waals surface area contributed by atoms with Crippen molar-refractivity contribution in [3.05, 3.63) is 0 Å². The van der Waals surface area contributed by atoms with Crippen LogP contribution in [0.1, 0.15) is 12.8 Å². The molecule has 2 amide bonds. The van der Waals surface area contributed by atoms with E-state index in [1.54, 1.807) is 0 Å². The number of terminal acetylenes is 6. The molecule has 0 bridgehead atoms. The summed E-state index contributed by atoms with van der Waals surface area (Å²) in [5.74, 6) is 13.6. The smallest absolute Gasteiger partial charge is 0.222 e. The van der Waals surface area contributed by atoms with Gasteiger partial charge in [-0.2, -0.15) is 0 Å². The van der Waals surface area contributed by atoms with Gasteiger partial charge in [-0.3, -0.25) is 9.59 Å². The highest BCUT2D eigenvalue weighted by Crippen LogP contribution is 2.11. The van der Waals surface area contributed by atoms with Crippen molar-refractivity contribution in [2.75, 3.05) is 145 Å². The highest BCUT2D eigenvalue weighted by atomic mass is 16.6. The van der Waals surface area contributed by atoms with E-state index < -0.39 is 11.1 Å². The molecule has 0 radical (unpaired) electrons. The van der Waals surface area contributed by atoms with Gasteiger partial charge in [0.2, 0.25) is 11.8 Å². The molecule has 304 valence electrons. The first-order valence-electron chi connectivity index (χ1n) is 17.4. The molecule has 0 aliphatic carbocycles. The minimum absolute atomic E-state index is 0.0311. The lowest BCUT2D eigenvalue weighted by Gasteiger charge is -2.33. The van der Waals surface area contributed by atoms with Gasteiger partial charge in [0.1, 0.15) is 50.7 Å². The molecule has 55 heavy (non-hydrogen) atoms. The first kappa shape index (κ1) is 50.9. The predicted molar refractivity (Wildman–Crippen MR) is 203 cm³/mol. The van der Waals surface area contributed by atoms with Crippen molar-refractivity contribution in [2.24, 2.45) is 0 Å². The van der Waals surface area contributed by atoms with Crippen molar-refractivity contribution < 1.29 is 61.7 Å². The molecule has 0 aliphatic heterocycles. The Kier molecular flexibility index (Phi) is 34.0. The van der Waals surface area contributed by atoms with Crippen LogP contribution in [0.5, 0.6) is 0 Å². The van der Waals surface area contributed by atoms with Crippen molar-refractivity contribution in [3.8, 4) is 74.1 Å². The van der Waals surface area contributed by atoms with E-state index in [-0.39, 0.29) is 130 Å². The van der Waals surface area contributed by atoms with E-state index in [1.165, 1.54) is 0 Å². The Bertz CT molecular complexity index is 1070. The number of carbonyl (C=O) groups excluding carboxylic acids is 2. The fourth-order valence-corrected chi connectivity index (χ4v) is 4.33. The van der Waals surface area contributed by atoms with Gasteiger partial charge in [-0.25, -0.2) is 0 Å². The highest BCUT2D eigenvalue weighted by Gasteiger charge is 2.34. The molecular weight excluding hydrogens is 716 g/mol. The highest BCUT2D eigenvalue weighted by molar-refractivity contribution is 5.77. The van der Waals surface area contributed by atoms with Crippen LogP contribution in [-0.2, 0) is 61.7 Å². The molecular formula is C40H56N2O13. The molecule has 0 rings (SSSR count). The minimum Gasteiger partial charge on any atom is -0.379 e. The number of hydrogen-bond acceptors (Lipinski definition) is 13. The van der Waals surface area contributed by atoms with Gasteiger partial charge in [-0.1, -0.05) is 35.5 Å². The second kappa shape index (κ2) is 36.8. The maximum absolute atomic E-state index is 12.7. The summed E-state index contributed by atoms with van der Waals surface area (Å²) in [5, 5.41) is 5.77. The summed E-state index contributed by atoms with van der Waals surface area (Å²) >= 11 is 0. The summed E-state index contributed by atoms with van der Waals surface area (Å²) in [6, 6.07) is 0. The lowest BCUT2D eigenvalue weighted by molar-refractivity contribution is -0.128. The fraction of sp³-hybridized carbons (Fsp3) is 0.650. The second-order valence-corrected chi connectivity index (χ2v) is 11.4. The van der Waals surface area contributed by atoms with E-state index in [0.717, 1.165) is 0 Å². The summed E-state index contributed by atoms with van der Waals surface area (Å²) in [6.07, 6.45) is 31.8. The van der Waals surface area contributed by atoms with E-state index in [0.29, 0.717) is 39.6 Å². The zero-order chi connectivity index (χ0) is 40.6. The summed E-state index contributed by atoms with van der Waals surface area (Å²) in [6.45, 7) is 3.39. The van der Waals surface area contributed by atoms with Crippen LogP contribution in [0.15, 0.2) is 0 Å². The van der Waals surface area contributed by atoms with Gasteiger partial charge in [-0.15, -0.1) is 38.5 Å². The number of ether oxygens (including phenoxy) is 11. The lowest BCUT2D eigenvalue weighted by Crippen LogP contribution is -2.58. The average Bonchev–Trinajstić information content (AvgIpc) is 3.16. The maximum Gasteiger partial charge on any atom is 0.222 e. The third-order valence-electron chi connectivity index (χ3n) is 6.63. The molecule has 15 heteroatoms. The quantitative estimate of drug-likeness (QED) is 0.0610. The molecule has 0 spiro atoms. The summed E-state index contributed by atoms with van der Waals surface area (Å²) in [7, 11) is 0. The number of amides is 2. The number of nitrogens with one attached hydrogen (secondary N) is 2. The lowest BCUT2D eigenvalue weighted by atomic mass is 10.0. The minimum atomic E-state index is -1.04. The topological polar surface area (TPSA) is 160 Å². The number of hydrogen-bond donors (Lipinski definition) is 2. The van der Waals surface area contributed by atoms with Gasteiger partial charge in [0.25, 0.3) is 0 Å². The summed E-state index contributed by atoms with van der Waals surface area (Å²) < 4.78 is 60.4. The van der Waals surface area contributed by atoms with Crippen molar-refractivity contribution in [2.45, 2.75) is 23.9 Å². The van der Waals surface area contributed by atoms with Crippen LogP contribution in [-0.4, -0.2) is 168 Å². The van der Waals surface area contributed by atoms with Crippen LogP contribution in [0.2, 0.25) is 0 Å². The first-order chi connectivity index (χ1) is 26.9. The summed E-state index contributed by atoms with van der Waals surface area (Å²) in [5.41, 5.74) is -2.09. The van der Waals surface area contributed by atoms with E-state index in [9.17, 15) is 9.59 Å². The Balaban J connectivity index is 4.15. The molecule has 0 aromatic heterocycles. The van der Waals surface area contributed by atoms with Gasteiger partial charge in [0.05, 0.1) is 106 Å². The molecule has 2 N–H and O–H groups in total. The standard InChI is InChI=1S/C40H56N2O13/c1-7-15-50-31-39(32-51-16-8-2,33-52-17-9-3)41-37(43)13-21-45-23-25-47-27-29-49-30-28-48-26-24-46-22-14-38(44)42-40(34-53-18-10-4,35-54-19-11-5)36-55-20-12-6/h1-6H,13-36H2,(H,41,43)(H,42,44). The Hall–Kier alpha value is -4.14. The molecule has 0 atom stereocenters. The van der Waals surface area contributed by atoms with Gasteiger partial charge in [0.15, 0.2) is 0 Å². The van der Waals surface area contributed by atoms with E-state index in [4.69, 9.17) is 90.6 Å². The number of rotatable bonds is 38. The second-order valence-electron chi connectivity index (χ2n) is 11.4. The normalized spacial score (nSPS) is 10.9. The third-order valence-corrected chi connectivity index (χ3v) is 6.63.